The Balaban J connectivity index is 1.91. The molecule has 0 amide bonds. The van der Waals surface area contributed by atoms with Crippen LogP contribution in [0.2, 0.25) is 0 Å². The first-order valence-corrected chi connectivity index (χ1v) is 8.20. The minimum atomic E-state index is -5.04. The lowest BCUT2D eigenvalue weighted by Crippen LogP contribution is -2.23. The third-order valence-corrected chi connectivity index (χ3v) is 4.71. The van der Waals surface area contributed by atoms with E-state index < -0.39 is 35.2 Å². The summed E-state index contributed by atoms with van der Waals surface area (Å²) in [5, 5.41) is 0. The zero-order valence-electron chi connectivity index (χ0n) is 14.2. The smallest absolute Gasteiger partial charge is 0.211 e. The fraction of sp³-hybridized carbons (Fsp3) is 0.238. The van der Waals surface area contributed by atoms with Crippen molar-refractivity contribution in [2.75, 3.05) is 0 Å². The molecule has 3 rings (SSSR count). The van der Waals surface area contributed by atoms with E-state index in [-0.39, 0.29) is 0 Å². The van der Waals surface area contributed by atoms with Crippen LogP contribution in [-0.4, -0.2) is 6.18 Å². The van der Waals surface area contributed by atoms with Crippen LogP contribution in [-0.2, 0) is 0 Å². The van der Waals surface area contributed by atoms with Gasteiger partial charge in [-0.05, 0) is 29.7 Å². The van der Waals surface area contributed by atoms with Crippen molar-refractivity contribution in [2.45, 2.75) is 25.9 Å². The lowest BCUT2D eigenvalue weighted by molar-refractivity contribution is -0.0941. The van der Waals surface area contributed by atoms with Crippen molar-refractivity contribution in [2.24, 2.45) is 5.92 Å². The van der Waals surface area contributed by atoms with Crippen LogP contribution >= 0.6 is 0 Å². The molecule has 2 atom stereocenters. The van der Waals surface area contributed by atoms with Crippen molar-refractivity contribution in [3.63, 3.8) is 0 Å². The lowest BCUT2D eigenvalue weighted by atomic mass is 9.80. The van der Waals surface area contributed by atoms with Gasteiger partial charge in [0.2, 0.25) is 0 Å². The van der Waals surface area contributed by atoms with Crippen LogP contribution < -0.4 is 0 Å². The van der Waals surface area contributed by atoms with E-state index in [2.05, 4.69) is 0 Å². The molecule has 0 heterocycles. The molecule has 0 N–H and O–H groups in total. The number of rotatable bonds is 2. The van der Waals surface area contributed by atoms with E-state index >= 15 is 0 Å². The zero-order valence-corrected chi connectivity index (χ0v) is 14.2. The van der Waals surface area contributed by atoms with E-state index in [4.69, 9.17) is 0 Å². The molecule has 2 aromatic carbocycles. The molecule has 5 heteroatoms. The van der Waals surface area contributed by atoms with Gasteiger partial charge in [0.15, 0.2) is 0 Å². The van der Waals surface area contributed by atoms with Gasteiger partial charge < -0.3 is 0 Å². The highest BCUT2D eigenvalue weighted by atomic mass is 19.4. The molecule has 26 heavy (non-hydrogen) atoms. The number of hydrogen-bond acceptors (Lipinski definition) is 0. The molecule has 1 aliphatic carbocycles. The zero-order chi connectivity index (χ0) is 19.1. The summed E-state index contributed by atoms with van der Waals surface area (Å²) in [7, 11) is 0. The van der Waals surface area contributed by atoms with E-state index in [1.807, 2.05) is 31.2 Å². The van der Waals surface area contributed by atoms with E-state index in [1.165, 1.54) is 6.92 Å². The van der Waals surface area contributed by atoms with Gasteiger partial charge in [0.1, 0.15) is 17.2 Å². The van der Waals surface area contributed by atoms with Crippen LogP contribution in [0.4, 0.5) is 22.0 Å². The molecule has 0 fully saturated rings. The number of allylic oxidation sites excluding steroid dienone is 4. The third-order valence-electron chi connectivity index (χ3n) is 4.71. The Morgan fingerprint density at radius 1 is 0.808 bits per heavy atom. The Hall–Kier alpha value is -2.43. The molecule has 136 valence electrons. The van der Waals surface area contributed by atoms with Gasteiger partial charge in [0, 0.05) is 11.8 Å². The Bertz CT molecular complexity index is 855. The van der Waals surface area contributed by atoms with Crippen LogP contribution in [0, 0.1) is 12.8 Å². The van der Waals surface area contributed by atoms with Crippen molar-refractivity contribution in [1.29, 1.82) is 0 Å². The SMILES string of the molecule is Cc1ccc(-c2ccc(C3C=C(F)C(C(F)(F)F)=C(F)C3C)cc2)cc1. The summed E-state index contributed by atoms with van der Waals surface area (Å²) < 4.78 is 66.6. The van der Waals surface area contributed by atoms with Gasteiger partial charge in [-0.15, -0.1) is 0 Å². The molecule has 0 spiro atoms. The quantitative estimate of drug-likeness (QED) is 0.502. The monoisotopic (exact) mass is 364 g/mol. The average Bonchev–Trinajstić information content (AvgIpc) is 2.58. The molecular formula is C21H17F5. The molecule has 0 saturated carbocycles. The minimum Gasteiger partial charge on any atom is -0.211 e. The van der Waals surface area contributed by atoms with Gasteiger partial charge in [-0.3, -0.25) is 0 Å². The summed E-state index contributed by atoms with van der Waals surface area (Å²) in [5.41, 5.74) is 1.82. The second-order valence-corrected chi connectivity index (χ2v) is 6.54. The Morgan fingerprint density at radius 2 is 1.31 bits per heavy atom. The first-order chi connectivity index (χ1) is 12.2. The van der Waals surface area contributed by atoms with Crippen molar-refractivity contribution in [1.82, 2.24) is 0 Å². The van der Waals surface area contributed by atoms with Crippen LogP contribution in [0.1, 0.15) is 24.0 Å². The first-order valence-electron chi connectivity index (χ1n) is 8.20. The standard InChI is InChI=1S/C21H17F5/c1-12-3-5-14(6-4-12)15-7-9-16(10-8-15)17-11-18(22)19(21(24,25)26)20(23)13(17)2/h3-11,13,17H,1-2H3. The highest BCUT2D eigenvalue weighted by Crippen LogP contribution is 2.46. The fourth-order valence-corrected chi connectivity index (χ4v) is 3.18. The second kappa shape index (κ2) is 6.71. The predicted octanol–water partition coefficient (Wildman–Crippen LogP) is 7.03. The lowest BCUT2D eigenvalue weighted by Gasteiger charge is -2.27. The van der Waals surface area contributed by atoms with Crippen LogP contribution in [0.15, 0.2) is 71.8 Å². The molecule has 1 aliphatic rings. The fourth-order valence-electron chi connectivity index (χ4n) is 3.18. The number of benzene rings is 2. The van der Waals surface area contributed by atoms with E-state index in [9.17, 15) is 22.0 Å². The Kier molecular flexibility index (Phi) is 4.74. The molecule has 0 aromatic heterocycles. The maximum absolute atomic E-state index is 14.2. The highest BCUT2D eigenvalue weighted by molar-refractivity contribution is 5.64. The second-order valence-electron chi connectivity index (χ2n) is 6.54. The number of halogens is 5. The normalized spacial score (nSPS) is 21.0. The van der Waals surface area contributed by atoms with E-state index in [0.29, 0.717) is 5.56 Å². The van der Waals surface area contributed by atoms with Gasteiger partial charge in [-0.2, -0.15) is 13.2 Å². The maximum Gasteiger partial charge on any atom is 0.421 e. The van der Waals surface area contributed by atoms with Gasteiger partial charge in [-0.1, -0.05) is 61.0 Å². The van der Waals surface area contributed by atoms with Crippen molar-refractivity contribution >= 4 is 0 Å². The Labute approximate surface area is 148 Å². The molecule has 0 nitrogen and oxygen atoms in total. The average molecular weight is 364 g/mol. The van der Waals surface area contributed by atoms with Gasteiger partial charge in [-0.25, -0.2) is 8.78 Å². The molecule has 0 radical (unpaired) electrons. The summed E-state index contributed by atoms with van der Waals surface area (Å²) in [6, 6.07) is 14.9. The summed E-state index contributed by atoms with van der Waals surface area (Å²) >= 11 is 0. The summed E-state index contributed by atoms with van der Waals surface area (Å²) in [4.78, 5) is 0. The van der Waals surface area contributed by atoms with Crippen LogP contribution in [0.5, 0.6) is 0 Å². The van der Waals surface area contributed by atoms with Crippen molar-refractivity contribution in [3.05, 3.63) is 83.0 Å². The maximum atomic E-state index is 14.2. The third kappa shape index (κ3) is 3.43. The van der Waals surface area contributed by atoms with Gasteiger partial charge in [0.25, 0.3) is 0 Å². The molecule has 0 saturated heterocycles. The van der Waals surface area contributed by atoms with Crippen molar-refractivity contribution in [3.8, 4) is 11.1 Å². The number of hydrogen-bond donors (Lipinski definition) is 0. The highest BCUT2D eigenvalue weighted by Gasteiger charge is 2.44. The van der Waals surface area contributed by atoms with Crippen molar-refractivity contribution < 1.29 is 22.0 Å². The summed E-state index contributed by atoms with van der Waals surface area (Å²) in [6.07, 6.45) is -4.18. The van der Waals surface area contributed by atoms with Gasteiger partial charge in [0.05, 0.1) is 0 Å². The summed E-state index contributed by atoms with van der Waals surface area (Å²) in [6.45, 7) is 3.32. The first kappa shape index (κ1) is 18.4. The number of aryl methyl sites for hydroxylation is 1. The van der Waals surface area contributed by atoms with Crippen LogP contribution in [0.3, 0.4) is 0 Å². The predicted molar refractivity (Wildman–Crippen MR) is 91.9 cm³/mol. The van der Waals surface area contributed by atoms with E-state index in [1.54, 1.807) is 24.3 Å². The minimum absolute atomic E-state index is 0.569. The molecule has 0 aliphatic heterocycles. The van der Waals surface area contributed by atoms with E-state index in [0.717, 1.165) is 22.8 Å². The topological polar surface area (TPSA) is 0 Å². The Morgan fingerprint density at radius 3 is 1.81 bits per heavy atom. The molecule has 0 bridgehead atoms. The van der Waals surface area contributed by atoms with Crippen LogP contribution in [0.25, 0.3) is 11.1 Å². The summed E-state index contributed by atoms with van der Waals surface area (Å²) in [5.74, 6) is -4.88. The largest absolute Gasteiger partial charge is 0.421 e. The molecular weight excluding hydrogens is 347 g/mol. The van der Waals surface area contributed by atoms with Gasteiger partial charge >= 0.3 is 6.18 Å². The molecule has 2 unspecified atom stereocenters. The molecule has 2 aromatic rings. The number of alkyl halides is 3.